The number of anilines is 1. The quantitative estimate of drug-likeness (QED) is 0.880. The van der Waals surface area contributed by atoms with Crippen LogP contribution in [0.15, 0.2) is 29.0 Å². The Balaban J connectivity index is 2.06. The lowest BCUT2D eigenvalue weighted by Gasteiger charge is -2.07. The Bertz CT molecular complexity index is 527. The Morgan fingerprint density at radius 2 is 2.17 bits per heavy atom. The van der Waals surface area contributed by atoms with Crippen LogP contribution in [0.4, 0.5) is 5.82 Å². The van der Waals surface area contributed by atoms with E-state index in [0.717, 1.165) is 21.8 Å². The second-order valence-electron chi connectivity index (χ2n) is 3.68. The van der Waals surface area contributed by atoms with E-state index in [1.165, 1.54) is 0 Å². The van der Waals surface area contributed by atoms with Gasteiger partial charge in [0, 0.05) is 24.9 Å². The van der Waals surface area contributed by atoms with Gasteiger partial charge in [-0.25, -0.2) is 15.0 Å². The van der Waals surface area contributed by atoms with Crippen molar-refractivity contribution in [3.05, 3.63) is 40.4 Å². The van der Waals surface area contributed by atoms with Crippen molar-refractivity contribution in [2.24, 2.45) is 0 Å². The summed E-state index contributed by atoms with van der Waals surface area (Å²) in [5.74, 6) is 2.11. The SMILES string of the molecule is COc1cc(CNc2cc(Br)nc(C)n2)ccn1. The lowest BCUT2D eigenvalue weighted by molar-refractivity contribution is 0.397. The monoisotopic (exact) mass is 308 g/mol. The van der Waals surface area contributed by atoms with Crippen LogP contribution in [0.5, 0.6) is 5.88 Å². The minimum absolute atomic E-state index is 0.606. The molecular formula is C12H13BrN4O. The highest BCUT2D eigenvalue weighted by molar-refractivity contribution is 9.10. The average molecular weight is 309 g/mol. The minimum atomic E-state index is 0.606. The molecule has 0 amide bonds. The van der Waals surface area contributed by atoms with E-state index in [1.54, 1.807) is 13.3 Å². The Morgan fingerprint density at radius 1 is 1.33 bits per heavy atom. The summed E-state index contributed by atoms with van der Waals surface area (Å²) in [6, 6.07) is 5.65. The van der Waals surface area contributed by atoms with Gasteiger partial charge in [-0.1, -0.05) is 0 Å². The maximum Gasteiger partial charge on any atom is 0.213 e. The van der Waals surface area contributed by atoms with E-state index in [0.29, 0.717) is 12.4 Å². The fraction of sp³-hybridized carbons (Fsp3) is 0.250. The van der Waals surface area contributed by atoms with Crippen molar-refractivity contribution in [1.82, 2.24) is 15.0 Å². The molecule has 0 aliphatic carbocycles. The van der Waals surface area contributed by atoms with E-state index in [9.17, 15) is 0 Å². The number of hydrogen-bond donors (Lipinski definition) is 1. The van der Waals surface area contributed by atoms with Gasteiger partial charge < -0.3 is 10.1 Å². The third-order valence-electron chi connectivity index (χ3n) is 2.29. The van der Waals surface area contributed by atoms with E-state index >= 15 is 0 Å². The molecule has 0 atom stereocenters. The smallest absolute Gasteiger partial charge is 0.213 e. The Labute approximate surface area is 114 Å². The normalized spacial score (nSPS) is 10.2. The first-order valence-electron chi connectivity index (χ1n) is 5.41. The van der Waals surface area contributed by atoms with Gasteiger partial charge in [0.05, 0.1) is 7.11 Å². The maximum absolute atomic E-state index is 5.07. The molecule has 2 aromatic heterocycles. The fourth-order valence-corrected chi connectivity index (χ4v) is 1.96. The summed E-state index contributed by atoms with van der Waals surface area (Å²) in [5, 5.41) is 3.23. The van der Waals surface area contributed by atoms with Crippen molar-refractivity contribution in [2.75, 3.05) is 12.4 Å². The molecule has 2 aromatic rings. The highest BCUT2D eigenvalue weighted by Gasteiger charge is 2.01. The summed E-state index contributed by atoms with van der Waals surface area (Å²) in [6.45, 7) is 2.51. The predicted octanol–water partition coefficient (Wildman–Crippen LogP) is 2.56. The van der Waals surface area contributed by atoms with Crippen LogP contribution in [0.2, 0.25) is 0 Å². The molecule has 0 aliphatic heterocycles. The van der Waals surface area contributed by atoms with Gasteiger partial charge in [-0.2, -0.15) is 0 Å². The number of methoxy groups -OCH3 is 1. The molecular weight excluding hydrogens is 296 g/mol. The molecule has 0 aromatic carbocycles. The minimum Gasteiger partial charge on any atom is -0.481 e. The largest absolute Gasteiger partial charge is 0.481 e. The fourth-order valence-electron chi connectivity index (χ4n) is 1.49. The highest BCUT2D eigenvalue weighted by Crippen LogP contribution is 2.14. The Hall–Kier alpha value is -1.69. The molecule has 0 spiro atoms. The van der Waals surface area contributed by atoms with Crippen LogP contribution in [0.1, 0.15) is 11.4 Å². The van der Waals surface area contributed by atoms with Crippen LogP contribution in [-0.4, -0.2) is 22.1 Å². The highest BCUT2D eigenvalue weighted by atomic mass is 79.9. The zero-order chi connectivity index (χ0) is 13.0. The van der Waals surface area contributed by atoms with E-state index in [2.05, 4.69) is 36.2 Å². The molecule has 5 nitrogen and oxygen atoms in total. The van der Waals surface area contributed by atoms with Crippen LogP contribution < -0.4 is 10.1 Å². The zero-order valence-corrected chi connectivity index (χ0v) is 11.7. The molecule has 18 heavy (non-hydrogen) atoms. The van der Waals surface area contributed by atoms with Crippen LogP contribution in [-0.2, 0) is 6.54 Å². The van der Waals surface area contributed by atoms with E-state index in [-0.39, 0.29) is 0 Å². The topological polar surface area (TPSA) is 59.9 Å². The van der Waals surface area contributed by atoms with Crippen LogP contribution in [0.3, 0.4) is 0 Å². The molecule has 0 fully saturated rings. The third-order valence-corrected chi connectivity index (χ3v) is 2.69. The van der Waals surface area contributed by atoms with Gasteiger partial charge >= 0.3 is 0 Å². The zero-order valence-electron chi connectivity index (χ0n) is 10.1. The number of aryl methyl sites for hydroxylation is 1. The lowest BCUT2D eigenvalue weighted by Crippen LogP contribution is -2.03. The number of aromatic nitrogens is 3. The first kappa shape index (κ1) is 12.8. The van der Waals surface area contributed by atoms with Crippen molar-refractivity contribution < 1.29 is 4.74 Å². The van der Waals surface area contributed by atoms with E-state index in [1.807, 2.05) is 25.1 Å². The second-order valence-corrected chi connectivity index (χ2v) is 4.50. The van der Waals surface area contributed by atoms with Crippen molar-refractivity contribution in [3.8, 4) is 5.88 Å². The number of hydrogen-bond acceptors (Lipinski definition) is 5. The van der Waals surface area contributed by atoms with Gasteiger partial charge in [0.1, 0.15) is 16.2 Å². The van der Waals surface area contributed by atoms with Gasteiger partial charge in [-0.05, 0) is 34.5 Å². The number of nitrogens with one attached hydrogen (secondary N) is 1. The predicted molar refractivity (Wildman–Crippen MR) is 72.6 cm³/mol. The third kappa shape index (κ3) is 3.40. The van der Waals surface area contributed by atoms with Crippen LogP contribution in [0, 0.1) is 6.92 Å². The Kier molecular flexibility index (Phi) is 4.09. The summed E-state index contributed by atoms with van der Waals surface area (Å²) in [5.41, 5.74) is 1.08. The first-order chi connectivity index (χ1) is 8.67. The molecule has 0 bridgehead atoms. The molecule has 1 N–H and O–H groups in total. The Morgan fingerprint density at radius 3 is 2.89 bits per heavy atom. The second kappa shape index (κ2) is 5.77. The maximum atomic E-state index is 5.07. The summed E-state index contributed by atoms with van der Waals surface area (Å²) >= 11 is 3.34. The molecule has 2 rings (SSSR count). The van der Waals surface area contributed by atoms with Gasteiger partial charge in [0.15, 0.2) is 0 Å². The molecule has 6 heteroatoms. The average Bonchev–Trinajstić information content (AvgIpc) is 2.35. The van der Waals surface area contributed by atoms with Gasteiger partial charge in [0.2, 0.25) is 5.88 Å². The van der Waals surface area contributed by atoms with E-state index < -0.39 is 0 Å². The number of pyridine rings is 1. The van der Waals surface area contributed by atoms with Crippen molar-refractivity contribution >= 4 is 21.7 Å². The van der Waals surface area contributed by atoms with Gasteiger partial charge in [-0.3, -0.25) is 0 Å². The van der Waals surface area contributed by atoms with Crippen molar-refractivity contribution in [1.29, 1.82) is 0 Å². The summed E-state index contributed by atoms with van der Waals surface area (Å²) in [7, 11) is 1.60. The number of ether oxygens (including phenoxy) is 1. The number of nitrogens with zero attached hydrogens (tertiary/aromatic N) is 3. The summed E-state index contributed by atoms with van der Waals surface area (Å²) in [6.07, 6.45) is 1.72. The van der Waals surface area contributed by atoms with Gasteiger partial charge in [-0.15, -0.1) is 0 Å². The molecule has 0 aliphatic rings. The number of halogens is 1. The summed E-state index contributed by atoms with van der Waals surface area (Å²) in [4.78, 5) is 12.5. The van der Waals surface area contributed by atoms with Gasteiger partial charge in [0.25, 0.3) is 0 Å². The van der Waals surface area contributed by atoms with Crippen molar-refractivity contribution in [2.45, 2.75) is 13.5 Å². The van der Waals surface area contributed by atoms with E-state index in [4.69, 9.17) is 4.74 Å². The van der Waals surface area contributed by atoms with Crippen LogP contribution >= 0.6 is 15.9 Å². The molecule has 0 radical (unpaired) electrons. The van der Waals surface area contributed by atoms with Crippen LogP contribution in [0.25, 0.3) is 0 Å². The summed E-state index contributed by atoms with van der Waals surface area (Å²) < 4.78 is 5.84. The number of rotatable bonds is 4. The molecule has 0 saturated heterocycles. The molecule has 0 saturated carbocycles. The molecule has 94 valence electrons. The lowest BCUT2D eigenvalue weighted by atomic mass is 10.2. The van der Waals surface area contributed by atoms with Crippen molar-refractivity contribution in [3.63, 3.8) is 0 Å². The first-order valence-corrected chi connectivity index (χ1v) is 6.20. The molecule has 2 heterocycles. The standard InChI is InChI=1S/C12H13BrN4O/c1-8-16-10(13)6-11(17-8)15-7-9-3-4-14-12(5-9)18-2/h3-6H,7H2,1-2H3,(H,15,16,17). The molecule has 0 unspecified atom stereocenters.